The molecule has 9 nitrogen and oxygen atoms in total. The fourth-order valence-electron chi connectivity index (χ4n) is 3.25. The number of pyridine rings is 1. The van der Waals surface area contributed by atoms with Gasteiger partial charge in [-0.25, -0.2) is 13.4 Å². The lowest BCUT2D eigenvalue weighted by molar-refractivity contribution is -0.115. The van der Waals surface area contributed by atoms with Crippen LogP contribution in [0.5, 0.6) is 0 Å². The molecule has 0 spiro atoms. The SMILES string of the molecule is Cc1ccc(-c2ccc(C#N)c(SC(C)C(=O)Nc3ccc(S(=O)(=O)Nc4ccc(Cl)nn4)cc3)n2)cc1. The van der Waals surface area contributed by atoms with Crippen molar-refractivity contribution in [1.29, 1.82) is 5.26 Å². The maximum Gasteiger partial charge on any atom is 0.263 e. The summed E-state index contributed by atoms with van der Waals surface area (Å²) in [5.74, 6) is -0.305. The first-order valence-corrected chi connectivity index (χ1v) is 14.0. The Morgan fingerprint density at radius 1 is 1.00 bits per heavy atom. The van der Waals surface area contributed by atoms with E-state index in [0.717, 1.165) is 11.1 Å². The van der Waals surface area contributed by atoms with Crippen LogP contribution in [0.1, 0.15) is 18.1 Å². The number of halogens is 1. The Kier molecular flexibility index (Phi) is 8.26. The van der Waals surface area contributed by atoms with Crippen molar-refractivity contribution in [2.45, 2.75) is 29.0 Å². The van der Waals surface area contributed by atoms with Crippen molar-refractivity contribution in [3.05, 3.63) is 89.1 Å². The van der Waals surface area contributed by atoms with Gasteiger partial charge in [-0.1, -0.05) is 53.2 Å². The van der Waals surface area contributed by atoms with Gasteiger partial charge in [-0.15, -0.1) is 10.2 Å². The average molecular weight is 565 g/mol. The summed E-state index contributed by atoms with van der Waals surface area (Å²) in [7, 11) is -3.92. The molecule has 2 heterocycles. The maximum absolute atomic E-state index is 12.9. The molecule has 0 bridgehead atoms. The second kappa shape index (κ2) is 11.6. The third kappa shape index (κ3) is 6.66. The van der Waals surface area contributed by atoms with Crippen LogP contribution in [0.2, 0.25) is 5.15 Å². The van der Waals surface area contributed by atoms with E-state index in [9.17, 15) is 18.5 Å². The van der Waals surface area contributed by atoms with Crippen LogP contribution in [0.4, 0.5) is 11.5 Å². The van der Waals surface area contributed by atoms with Gasteiger partial charge in [0.15, 0.2) is 11.0 Å². The summed E-state index contributed by atoms with van der Waals surface area (Å²) in [6.45, 7) is 3.70. The van der Waals surface area contributed by atoms with E-state index in [4.69, 9.17) is 11.6 Å². The lowest BCUT2D eigenvalue weighted by Crippen LogP contribution is -2.22. The molecule has 2 aromatic heterocycles. The summed E-state index contributed by atoms with van der Waals surface area (Å²) < 4.78 is 27.5. The summed E-state index contributed by atoms with van der Waals surface area (Å²) in [6, 6.07) is 22.0. The summed E-state index contributed by atoms with van der Waals surface area (Å²) in [4.78, 5) is 17.5. The topological polar surface area (TPSA) is 138 Å². The lowest BCUT2D eigenvalue weighted by atomic mass is 10.1. The highest BCUT2D eigenvalue weighted by molar-refractivity contribution is 8.00. The Bertz CT molecular complexity index is 1610. The number of nitrogens with zero attached hydrogens (tertiary/aromatic N) is 4. The molecule has 0 aliphatic rings. The fraction of sp³-hybridized carbons (Fsp3) is 0.115. The van der Waals surface area contributed by atoms with E-state index < -0.39 is 15.3 Å². The molecule has 12 heteroatoms. The molecule has 4 aromatic rings. The number of amides is 1. The van der Waals surface area contributed by atoms with Crippen LogP contribution in [0.25, 0.3) is 11.3 Å². The van der Waals surface area contributed by atoms with Gasteiger partial charge >= 0.3 is 0 Å². The molecule has 1 atom stereocenters. The van der Waals surface area contributed by atoms with Gasteiger partial charge in [-0.05, 0) is 62.4 Å². The number of carbonyl (C=O) groups excluding carboxylic acids is 1. The van der Waals surface area contributed by atoms with E-state index >= 15 is 0 Å². The molecule has 0 fully saturated rings. The molecule has 4 rings (SSSR count). The molecule has 0 aliphatic heterocycles. The van der Waals surface area contributed by atoms with Crippen molar-refractivity contribution >= 4 is 50.8 Å². The molecule has 0 aliphatic carbocycles. The van der Waals surface area contributed by atoms with E-state index in [1.165, 1.54) is 48.2 Å². The number of anilines is 2. The van der Waals surface area contributed by atoms with Gasteiger partial charge in [0.2, 0.25) is 5.91 Å². The maximum atomic E-state index is 12.9. The molecule has 2 N–H and O–H groups in total. The Hall–Kier alpha value is -3.98. The fourth-order valence-corrected chi connectivity index (χ4v) is 5.24. The summed E-state index contributed by atoms with van der Waals surface area (Å²) >= 11 is 6.84. The standard InChI is InChI=1S/C26H21ClN6O3S2/c1-16-3-5-18(6-4-16)22-12-7-19(15-28)26(30-22)37-17(2)25(34)29-20-8-10-21(11-9-20)38(35,36)33-24-14-13-23(27)31-32-24/h3-14,17H,1-2H3,(H,29,34)(H,32,33). The van der Waals surface area contributed by atoms with Crippen LogP contribution < -0.4 is 10.0 Å². The minimum Gasteiger partial charge on any atom is -0.325 e. The monoisotopic (exact) mass is 564 g/mol. The first-order valence-electron chi connectivity index (χ1n) is 11.2. The predicted octanol–water partition coefficient (Wildman–Crippen LogP) is 5.29. The largest absolute Gasteiger partial charge is 0.325 e. The zero-order valence-electron chi connectivity index (χ0n) is 20.2. The van der Waals surface area contributed by atoms with Crippen molar-refractivity contribution in [2.75, 3.05) is 10.0 Å². The number of sulfonamides is 1. The van der Waals surface area contributed by atoms with Crippen LogP contribution in [0.3, 0.4) is 0 Å². The molecule has 0 saturated carbocycles. The number of aryl methyl sites for hydroxylation is 1. The Balaban J connectivity index is 1.43. The molecule has 2 aromatic carbocycles. The highest BCUT2D eigenvalue weighted by atomic mass is 35.5. The highest BCUT2D eigenvalue weighted by Gasteiger charge is 2.20. The van der Waals surface area contributed by atoms with E-state index in [-0.39, 0.29) is 21.8 Å². The van der Waals surface area contributed by atoms with Crippen LogP contribution in [0, 0.1) is 18.3 Å². The van der Waals surface area contributed by atoms with Crippen molar-refractivity contribution in [3.63, 3.8) is 0 Å². The normalized spacial score (nSPS) is 11.8. The number of benzene rings is 2. The van der Waals surface area contributed by atoms with Crippen molar-refractivity contribution in [3.8, 4) is 17.3 Å². The van der Waals surface area contributed by atoms with E-state index in [0.29, 0.717) is 22.0 Å². The molecule has 1 amide bonds. The van der Waals surface area contributed by atoms with Gasteiger partial charge in [-0.3, -0.25) is 9.52 Å². The summed E-state index contributed by atoms with van der Waals surface area (Å²) in [5.41, 5.74) is 3.52. The Morgan fingerprint density at radius 2 is 1.71 bits per heavy atom. The number of hydrogen-bond donors (Lipinski definition) is 2. The molecule has 0 saturated heterocycles. The lowest BCUT2D eigenvalue weighted by Gasteiger charge is -2.14. The predicted molar refractivity (Wildman–Crippen MR) is 147 cm³/mol. The molecule has 1 unspecified atom stereocenters. The smallest absolute Gasteiger partial charge is 0.263 e. The number of nitriles is 1. The number of rotatable bonds is 8. The van der Waals surface area contributed by atoms with E-state index in [1.54, 1.807) is 19.1 Å². The zero-order valence-corrected chi connectivity index (χ0v) is 22.6. The molecular weight excluding hydrogens is 544 g/mol. The highest BCUT2D eigenvalue weighted by Crippen LogP contribution is 2.29. The zero-order chi connectivity index (χ0) is 27.3. The van der Waals surface area contributed by atoms with Crippen molar-refractivity contribution in [2.24, 2.45) is 0 Å². The first kappa shape index (κ1) is 27.1. The van der Waals surface area contributed by atoms with Crippen LogP contribution in [0.15, 0.2) is 82.7 Å². The van der Waals surface area contributed by atoms with Gasteiger partial charge in [0.25, 0.3) is 10.0 Å². The van der Waals surface area contributed by atoms with Gasteiger partial charge in [0.05, 0.1) is 21.4 Å². The number of thioether (sulfide) groups is 1. The Labute approximate surface area is 229 Å². The summed E-state index contributed by atoms with van der Waals surface area (Å²) in [5, 5.41) is 19.6. The summed E-state index contributed by atoms with van der Waals surface area (Å²) in [6.07, 6.45) is 0. The van der Waals surface area contributed by atoms with Crippen molar-refractivity contribution in [1.82, 2.24) is 15.2 Å². The molecule has 0 radical (unpaired) electrons. The second-order valence-electron chi connectivity index (χ2n) is 8.15. The van der Waals surface area contributed by atoms with Gasteiger partial charge in [-0.2, -0.15) is 5.26 Å². The van der Waals surface area contributed by atoms with E-state index in [1.807, 2.05) is 31.2 Å². The van der Waals surface area contributed by atoms with Crippen LogP contribution >= 0.6 is 23.4 Å². The van der Waals surface area contributed by atoms with Crippen LogP contribution in [-0.4, -0.2) is 34.8 Å². The van der Waals surface area contributed by atoms with Gasteiger partial charge in [0, 0.05) is 11.3 Å². The number of aromatic nitrogens is 3. The molecule has 192 valence electrons. The average Bonchev–Trinajstić information content (AvgIpc) is 2.90. The third-order valence-corrected chi connectivity index (χ3v) is 7.96. The Morgan fingerprint density at radius 3 is 2.34 bits per heavy atom. The second-order valence-corrected chi connectivity index (χ2v) is 11.5. The number of carbonyl (C=O) groups is 1. The number of hydrogen-bond acceptors (Lipinski definition) is 8. The number of nitrogens with one attached hydrogen (secondary N) is 2. The van der Waals surface area contributed by atoms with Crippen LogP contribution in [-0.2, 0) is 14.8 Å². The molecule has 38 heavy (non-hydrogen) atoms. The molecular formula is C26H21ClN6O3S2. The third-order valence-electron chi connectivity index (χ3n) is 5.29. The van der Waals surface area contributed by atoms with Gasteiger partial charge in [0.1, 0.15) is 11.1 Å². The first-order chi connectivity index (χ1) is 18.1. The van der Waals surface area contributed by atoms with E-state index in [2.05, 4.69) is 31.3 Å². The van der Waals surface area contributed by atoms with Gasteiger partial charge < -0.3 is 5.32 Å². The minimum absolute atomic E-state index is 0.0226. The van der Waals surface area contributed by atoms with Crippen molar-refractivity contribution < 1.29 is 13.2 Å². The minimum atomic E-state index is -3.92. The quantitative estimate of drug-likeness (QED) is 0.275.